The van der Waals surface area contributed by atoms with Gasteiger partial charge in [0, 0.05) is 6.04 Å². The van der Waals surface area contributed by atoms with Crippen LogP contribution in [0.5, 0.6) is 0 Å². The number of nitrogens with one attached hydrogen (secondary N) is 1. The van der Waals surface area contributed by atoms with Crippen LogP contribution in [0.3, 0.4) is 0 Å². The van der Waals surface area contributed by atoms with Gasteiger partial charge < -0.3 is 26.0 Å². The maximum absolute atomic E-state index is 15.0. The number of hydrogen-bond donors (Lipinski definition) is 4. The highest BCUT2D eigenvalue weighted by Crippen LogP contribution is 2.42. The topological polar surface area (TPSA) is 131 Å². The van der Waals surface area contributed by atoms with Crippen molar-refractivity contribution < 1.29 is 19.3 Å². The first-order valence-electron chi connectivity index (χ1n) is 7.65. The molecule has 132 valence electrons. The summed E-state index contributed by atoms with van der Waals surface area (Å²) in [7, 11) is 0. The van der Waals surface area contributed by atoms with Gasteiger partial charge in [0.1, 0.15) is 12.2 Å². The molecule has 2 aromatic rings. The van der Waals surface area contributed by atoms with Crippen molar-refractivity contribution in [2.24, 2.45) is 0 Å². The lowest BCUT2D eigenvalue weighted by Crippen LogP contribution is -2.40. The number of aliphatic hydroxyl groups is 2. The van der Waals surface area contributed by atoms with Gasteiger partial charge in [-0.1, -0.05) is 0 Å². The molecule has 4 atom stereocenters. The molecule has 10 heteroatoms. The maximum atomic E-state index is 15.0. The van der Waals surface area contributed by atoms with Gasteiger partial charge in [0.05, 0.1) is 12.9 Å². The Bertz CT molecular complexity index is 749. The molecule has 3 heterocycles. The molecule has 0 aliphatic carbocycles. The van der Waals surface area contributed by atoms with Crippen molar-refractivity contribution in [1.29, 1.82) is 0 Å². The van der Waals surface area contributed by atoms with E-state index in [2.05, 4.69) is 20.3 Å². The van der Waals surface area contributed by atoms with E-state index in [0.29, 0.717) is 11.3 Å². The normalized spacial score (nSPS) is 30.4. The summed E-state index contributed by atoms with van der Waals surface area (Å²) in [6.45, 7) is 4.58. The zero-order valence-corrected chi connectivity index (χ0v) is 13.6. The molecule has 0 saturated carbocycles. The highest BCUT2D eigenvalue weighted by molar-refractivity contribution is 5.84. The van der Waals surface area contributed by atoms with Gasteiger partial charge in [-0.3, -0.25) is 4.57 Å². The monoisotopic (exact) mass is 340 g/mol. The van der Waals surface area contributed by atoms with Gasteiger partial charge in [-0.25, -0.2) is 9.37 Å². The molecule has 0 radical (unpaired) electrons. The van der Waals surface area contributed by atoms with Crippen LogP contribution in [0.1, 0.15) is 27.0 Å². The van der Waals surface area contributed by atoms with Crippen LogP contribution >= 0.6 is 0 Å². The number of fused-ring (bicyclic) bond motifs is 1. The number of imidazole rings is 1. The Balaban J connectivity index is 2.10. The van der Waals surface area contributed by atoms with Crippen molar-refractivity contribution in [2.45, 2.75) is 50.9 Å². The summed E-state index contributed by atoms with van der Waals surface area (Å²) in [5.41, 5.74) is 4.31. The number of anilines is 2. The molecule has 0 amide bonds. The second kappa shape index (κ2) is 5.80. The van der Waals surface area contributed by atoms with Crippen molar-refractivity contribution in [3.8, 4) is 0 Å². The lowest BCUT2D eigenvalue weighted by molar-refractivity contribution is -0.0566. The molecule has 1 aliphatic rings. The van der Waals surface area contributed by atoms with Gasteiger partial charge >= 0.3 is 0 Å². The summed E-state index contributed by atoms with van der Waals surface area (Å²) in [4.78, 5) is 12.5. The number of nitrogen functional groups attached to an aromatic ring is 1. The van der Waals surface area contributed by atoms with Gasteiger partial charge in [0.15, 0.2) is 28.9 Å². The van der Waals surface area contributed by atoms with Crippen molar-refractivity contribution in [3.05, 3.63) is 6.33 Å². The Morgan fingerprint density at radius 2 is 2.21 bits per heavy atom. The standard InChI is InChI=1S/C14H21FN6O3/c1-6(2)18-10-8-11(20-13(16)19-10)21(5-17-8)12-14(3,15)9(23)7(4-22)24-12/h5-7,9,12,22-23H,4H2,1-3H3,(H3,16,18,19,20)/t7-,9-,12-,14-/m1/s1. The molecule has 9 nitrogen and oxygen atoms in total. The number of nitrogens with zero attached hydrogens (tertiary/aromatic N) is 4. The predicted octanol–water partition coefficient (Wildman–Crippen LogP) is 0.208. The summed E-state index contributed by atoms with van der Waals surface area (Å²) >= 11 is 0. The third kappa shape index (κ3) is 2.56. The van der Waals surface area contributed by atoms with Crippen LogP contribution in [0.4, 0.5) is 16.2 Å². The second-order valence-corrected chi connectivity index (χ2v) is 6.36. The molecule has 2 aromatic heterocycles. The Hall–Kier alpha value is -2.04. The number of halogens is 1. The number of aromatic nitrogens is 4. The van der Waals surface area contributed by atoms with Crippen LogP contribution in [-0.2, 0) is 4.74 Å². The Morgan fingerprint density at radius 1 is 1.50 bits per heavy atom. The van der Waals surface area contributed by atoms with Crippen LogP contribution < -0.4 is 11.1 Å². The van der Waals surface area contributed by atoms with Crippen molar-refractivity contribution in [1.82, 2.24) is 19.5 Å². The predicted molar refractivity (Wildman–Crippen MR) is 85.0 cm³/mol. The fourth-order valence-corrected chi connectivity index (χ4v) is 2.84. The Morgan fingerprint density at radius 3 is 2.79 bits per heavy atom. The first kappa shape index (κ1) is 16.8. The number of nitrogens with two attached hydrogens (primary N) is 1. The average Bonchev–Trinajstić information content (AvgIpc) is 2.99. The minimum atomic E-state index is -2.13. The quantitative estimate of drug-likeness (QED) is 0.621. The second-order valence-electron chi connectivity index (χ2n) is 6.36. The molecule has 3 rings (SSSR count). The van der Waals surface area contributed by atoms with E-state index >= 15 is 0 Å². The third-order valence-corrected chi connectivity index (χ3v) is 4.01. The fourth-order valence-electron chi connectivity index (χ4n) is 2.84. The number of rotatable bonds is 4. The number of hydrogen-bond acceptors (Lipinski definition) is 8. The van der Waals surface area contributed by atoms with E-state index in [1.807, 2.05) is 13.8 Å². The van der Waals surface area contributed by atoms with E-state index in [-0.39, 0.29) is 17.6 Å². The van der Waals surface area contributed by atoms with Gasteiger partial charge in [-0.2, -0.15) is 9.97 Å². The Kier molecular flexibility index (Phi) is 4.06. The third-order valence-electron chi connectivity index (χ3n) is 4.01. The molecule has 0 unspecified atom stereocenters. The van der Waals surface area contributed by atoms with Crippen LogP contribution in [0, 0.1) is 0 Å². The molecule has 1 fully saturated rings. The first-order chi connectivity index (χ1) is 11.3. The molecule has 1 aliphatic heterocycles. The molecule has 0 bridgehead atoms. The molecular formula is C14H21FN6O3. The van der Waals surface area contributed by atoms with E-state index in [0.717, 1.165) is 0 Å². The van der Waals surface area contributed by atoms with Crippen molar-refractivity contribution in [3.63, 3.8) is 0 Å². The summed E-state index contributed by atoms with van der Waals surface area (Å²) in [5, 5.41) is 22.4. The molecule has 5 N–H and O–H groups in total. The van der Waals surface area contributed by atoms with Gasteiger partial charge in [0.25, 0.3) is 0 Å². The van der Waals surface area contributed by atoms with E-state index in [9.17, 15) is 14.6 Å². The summed E-state index contributed by atoms with van der Waals surface area (Å²) in [6.07, 6.45) is -2.35. The molecule has 24 heavy (non-hydrogen) atoms. The highest BCUT2D eigenvalue weighted by atomic mass is 19.1. The average molecular weight is 340 g/mol. The lowest BCUT2D eigenvalue weighted by Gasteiger charge is -2.24. The van der Waals surface area contributed by atoms with Gasteiger partial charge in [-0.05, 0) is 20.8 Å². The van der Waals surface area contributed by atoms with E-state index < -0.39 is 30.7 Å². The largest absolute Gasteiger partial charge is 0.394 e. The molecule has 0 spiro atoms. The zero-order chi connectivity index (χ0) is 17.6. The van der Waals surface area contributed by atoms with E-state index in [1.165, 1.54) is 17.8 Å². The minimum Gasteiger partial charge on any atom is -0.394 e. The van der Waals surface area contributed by atoms with E-state index in [4.69, 9.17) is 10.5 Å². The number of aliphatic hydroxyl groups excluding tert-OH is 2. The number of ether oxygens (including phenoxy) is 1. The summed E-state index contributed by atoms with van der Waals surface area (Å²) in [6, 6.07) is 0.0856. The number of alkyl halides is 1. The van der Waals surface area contributed by atoms with Crippen LogP contribution in [0.15, 0.2) is 6.33 Å². The summed E-state index contributed by atoms with van der Waals surface area (Å²) < 4.78 is 21.8. The minimum absolute atomic E-state index is 0.00483. The maximum Gasteiger partial charge on any atom is 0.224 e. The molecular weight excluding hydrogens is 319 g/mol. The fraction of sp³-hybridized carbons (Fsp3) is 0.643. The zero-order valence-electron chi connectivity index (χ0n) is 13.6. The smallest absolute Gasteiger partial charge is 0.224 e. The van der Waals surface area contributed by atoms with Gasteiger partial charge in [0.2, 0.25) is 5.95 Å². The SMILES string of the molecule is CC(C)Nc1nc(N)nc2c1ncn2[C@@H]1O[C@H](CO)[C@@H](O)[C@@]1(C)F. The lowest BCUT2D eigenvalue weighted by atomic mass is 9.98. The molecule has 0 aromatic carbocycles. The van der Waals surface area contributed by atoms with Crippen molar-refractivity contribution >= 4 is 22.9 Å². The van der Waals surface area contributed by atoms with Crippen molar-refractivity contribution in [2.75, 3.05) is 17.7 Å². The van der Waals surface area contributed by atoms with Crippen LogP contribution in [0.2, 0.25) is 0 Å². The van der Waals surface area contributed by atoms with Crippen LogP contribution in [0.25, 0.3) is 11.2 Å². The Labute approximate surface area is 137 Å². The summed E-state index contributed by atoms with van der Waals surface area (Å²) in [5.74, 6) is 0.439. The molecule has 1 saturated heterocycles. The van der Waals surface area contributed by atoms with E-state index in [1.54, 1.807) is 0 Å². The van der Waals surface area contributed by atoms with Gasteiger partial charge in [-0.15, -0.1) is 0 Å². The van der Waals surface area contributed by atoms with Crippen LogP contribution in [-0.4, -0.2) is 60.3 Å². The first-order valence-corrected chi connectivity index (χ1v) is 7.65. The highest BCUT2D eigenvalue weighted by Gasteiger charge is 2.55.